The van der Waals surface area contributed by atoms with E-state index in [1.54, 1.807) is 19.2 Å². The number of nitro benzene ring substituents is 1. The molecule has 0 bridgehead atoms. The molecule has 1 N–H and O–H groups in total. The topological polar surface area (TPSA) is 64.4 Å². The molecule has 5 nitrogen and oxygen atoms in total. The Hall–Kier alpha value is -3.08. The Morgan fingerprint density at radius 3 is 2.50 bits per heavy atom. The molecule has 0 saturated heterocycles. The van der Waals surface area contributed by atoms with Crippen molar-refractivity contribution in [2.24, 2.45) is 0 Å². The van der Waals surface area contributed by atoms with Gasteiger partial charge in [0, 0.05) is 29.8 Å². The molecule has 5 heteroatoms. The summed E-state index contributed by atoms with van der Waals surface area (Å²) in [6.45, 7) is 2.49. The molecule has 0 radical (unpaired) electrons. The van der Waals surface area contributed by atoms with Crippen molar-refractivity contribution in [2.45, 2.75) is 13.5 Å². The lowest BCUT2D eigenvalue weighted by molar-refractivity contribution is -0.384. The summed E-state index contributed by atoms with van der Waals surface area (Å²) < 4.78 is 5.42. The summed E-state index contributed by atoms with van der Waals surface area (Å²) in [4.78, 5) is 10.4. The summed E-state index contributed by atoms with van der Waals surface area (Å²) in [6.07, 6.45) is 0. The average molecular weight is 322 g/mol. The molecule has 0 saturated carbocycles. The highest BCUT2D eigenvalue weighted by Crippen LogP contribution is 2.29. The summed E-state index contributed by atoms with van der Waals surface area (Å²) in [5, 5.41) is 16.4. The molecule has 0 aliphatic heterocycles. The zero-order valence-electron chi connectivity index (χ0n) is 13.6. The number of nitrogens with zero attached hydrogens (tertiary/aromatic N) is 1. The summed E-state index contributed by atoms with van der Waals surface area (Å²) >= 11 is 0. The third-order valence-corrected chi connectivity index (χ3v) is 4.08. The van der Waals surface area contributed by atoms with E-state index in [-0.39, 0.29) is 10.6 Å². The lowest BCUT2D eigenvalue weighted by Crippen LogP contribution is -2.02. The summed E-state index contributed by atoms with van der Waals surface area (Å²) in [5.74, 6) is 0.848. The molecule has 0 atom stereocenters. The molecular formula is C19H18N2O3. The Balaban J connectivity index is 1.88. The van der Waals surface area contributed by atoms with E-state index in [1.807, 2.05) is 37.3 Å². The molecular weight excluding hydrogens is 304 g/mol. The van der Waals surface area contributed by atoms with Crippen LogP contribution >= 0.6 is 0 Å². The van der Waals surface area contributed by atoms with Crippen molar-refractivity contribution in [1.29, 1.82) is 0 Å². The van der Waals surface area contributed by atoms with Gasteiger partial charge in [-0.3, -0.25) is 10.1 Å². The number of non-ortho nitro benzene ring substituents is 1. The van der Waals surface area contributed by atoms with E-state index in [9.17, 15) is 10.1 Å². The zero-order valence-corrected chi connectivity index (χ0v) is 13.6. The average Bonchev–Trinajstić information content (AvgIpc) is 2.60. The first-order valence-electron chi connectivity index (χ1n) is 7.63. The maximum Gasteiger partial charge on any atom is 0.269 e. The molecule has 0 unspecified atom stereocenters. The van der Waals surface area contributed by atoms with Crippen LogP contribution in [0.15, 0.2) is 54.6 Å². The van der Waals surface area contributed by atoms with Gasteiger partial charge in [0.05, 0.1) is 12.0 Å². The van der Waals surface area contributed by atoms with Gasteiger partial charge in [-0.2, -0.15) is 0 Å². The molecule has 0 amide bonds. The molecule has 3 rings (SSSR count). The Morgan fingerprint density at radius 1 is 1.08 bits per heavy atom. The smallest absolute Gasteiger partial charge is 0.269 e. The first kappa shape index (κ1) is 15.8. The van der Waals surface area contributed by atoms with Gasteiger partial charge in [-0.15, -0.1) is 0 Å². The second kappa shape index (κ2) is 6.58. The maximum atomic E-state index is 10.8. The van der Waals surface area contributed by atoms with Crippen LogP contribution in [0, 0.1) is 17.0 Å². The lowest BCUT2D eigenvalue weighted by Gasteiger charge is -2.13. The van der Waals surface area contributed by atoms with Crippen LogP contribution in [-0.4, -0.2) is 12.0 Å². The Morgan fingerprint density at radius 2 is 1.83 bits per heavy atom. The van der Waals surface area contributed by atoms with E-state index >= 15 is 0 Å². The van der Waals surface area contributed by atoms with E-state index in [4.69, 9.17) is 4.74 Å². The molecule has 3 aromatic rings. The maximum absolute atomic E-state index is 10.8. The fourth-order valence-electron chi connectivity index (χ4n) is 2.82. The molecule has 0 aliphatic rings. The summed E-state index contributed by atoms with van der Waals surface area (Å²) in [7, 11) is 1.67. The highest BCUT2D eigenvalue weighted by molar-refractivity contribution is 5.91. The second-order valence-corrected chi connectivity index (χ2v) is 5.58. The molecule has 0 aliphatic carbocycles. The lowest BCUT2D eigenvalue weighted by atomic mass is 10.0. The normalized spacial score (nSPS) is 10.6. The van der Waals surface area contributed by atoms with Gasteiger partial charge >= 0.3 is 0 Å². The standard InChI is InChI=1S/C19H18N2O3/c1-13-11-15(21(22)23)8-9-18(13)20-12-14-7-10-19(24-2)17-6-4-3-5-16(14)17/h3-11,20H,12H2,1-2H3. The van der Waals surface area contributed by atoms with Crippen molar-refractivity contribution in [3.63, 3.8) is 0 Å². The number of hydrogen-bond donors (Lipinski definition) is 1. The molecule has 0 heterocycles. The number of fused-ring (bicyclic) bond motifs is 1. The summed E-state index contributed by atoms with van der Waals surface area (Å²) in [6, 6.07) is 16.9. The second-order valence-electron chi connectivity index (χ2n) is 5.58. The van der Waals surface area contributed by atoms with Crippen molar-refractivity contribution in [3.05, 3.63) is 75.8 Å². The number of rotatable bonds is 5. The van der Waals surface area contributed by atoms with Gasteiger partial charge in [0.15, 0.2) is 0 Å². The number of nitro groups is 1. The SMILES string of the molecule is COc1ccc(CNc2ccc([N+](=O)[O-])cc2C)c2ccccc12. The van der Waals surface area contributed by atoms with E-state index in [1.165, 1.54) is 6.07 Å². The van der Waals surface area contributed by atoms with E-state index < -0.39 is 0 Å². The van der Waals surface area contributed by atoms with Crippen LogP contribution in [0.4, 0.5) is 11.4 Å². The van der Waals surface area contributed by atoms with Crippen molar-refractivity contribution < 1.29 is 9.66 Å². The van der Waals surface area contributed by atoms with Crippen molar-refractivity contribution in [2.75, 3.05) is 12.4 Å². The van der Waals surface area contributed by atoms with E-state index in [0.29, 0.717) is 6.54 Å². The fourth-order valence-corrected chi connectivity index (χ4v) is 2.82. The van der Waals surface area contributed by atoms with Crippen molar-refractivity contribution >= 4 is 22.1 Å². The van der Waals surface area contributed by atoms with Crippen LogP contribution in [-0.2, 0) is 6.54 Å². The van der Waals surface area contributed by atoms with Crippen molar-refractivity contribution in [1.82, 2.24) is 0 Å². The zero-order chi connectivity index (χ0) is 17.1. The molecule has 3 aromatic carbocycles. The number of ether oxygens (including phenoxy) is 1. The minimum Gasteiger partial charge on any atom is -0.496 e. The van der Waals surface area contributed by atoms with Gasteiger partial charge in [-0.25, -0.2) is 0 Å². The third-order valence-electron chi connectivity index (χ3n) is 4.08. The summed E-state index contributed by atoms with van der Waals surface area (Å²) in [5.41, 5.74) is 2.99. The number of methoxy groups -OCH3 is 1. The predicted molar refractivity (Wildman–Crippen MR) is 95.7 cm³/mol. The number of aryl methyl sites for hydroxylation is 1. The van der Waals surface area contributed by atoms with Crippen LogP contribution in [0.25, 0.3) is 10.8 Å². The monoisotopic (exact) mass is 322 g/mol. The Kier molecular flexibility index (Phi) is 4.33. The van der Waals surface area contributed by atoms with E-state index in [2.05, 4.69) is 11.4 Å². The molecule has 122 valence electrons. The first-order valence-corrected chi connectivity index (χ1v) is 7.63. The van der Waals surface area contributed by atoms with Gasteiger partial charge < -0.3 is 10.1 Å². The van der Waals surface area contributed by atoms with Crippen LogP contribution < -0.4 is 10.1 Å². The Labute approximate surface area is 140 Å². The Bertz CT molecular complexity index is 906. The third kappa shape index (κ3) is 3.01. The quantitative estimate of drug-likeness (QED) is 0.547. The molecule has 0 aromatic heterocycles. The fraction of sp³-hybridized carbons (Fsp3) is 0.158. The van der Waals surface area contributed by atoms with Gasteiger partial charge in [-0.05, 0) is 35.6 Å². The van der Waals surface area contributed by atoms with Crippen LogP contribution in [0.3, 0.4) is 0 Å². The largest absolute Gasteiger partial charge is 0.496 e. The van der Waals surface area contributed by atoms with E-state index in [0.717, 1.165) is 33.3 Å². The minimum atomic E-state index is -0.381. The number of nitrogens with one attached hydrogen (secondary N) is 1. The minimum absolute atomic E-state index is 0.105. The van der Waals surface area contributed by atoms with Crippen LogP contribution in [0.5, 0.6) is 5.75 Å². The van der Waals surface area contributed by atoms with Crippen LogP contribution in [0.1, 0.15) is 11.1 Å². The number of hydrogen-bond acceptors (Lipinski definition) is 4. The van der Waals surface area contributed by atoms with Crippen molar-refractivity contribution in [3.8, 4) is 5.75 Å². The van der Waals surface area contributed by atoms with Gasteiger partial charge in [-0.1, -0.05) is 30.3 Å². The number of benzene rings is 3. The highest BCUT2D eigenvalue weighted by Gasteiger charge is 2.09. The first-order chi connectivity index (χ1) is 11.6. The van der Waals surface area contributed by atoms with Gasteiger partial charge in [0.2, 0.25) is 0 Å². The van der Waals surface area contributed by atoms with Crippen LogP contribution in [0.2, 0.25) is 0 Å². The van der Waals surface area contributed by atoms with Gasteiger partial charge in [0.1, 0.15) is 5.75 Å². The number of anilines is 1. The van der Waals surface area contributed by atoms with Gasteiger partial charge in [0.25, 0.3) is 5.69 Å². The molecule has 0 spiro atoms. The highest BCUT2D eigenvalue weighted by atomic mass is 16.6. The molecule has 0 fully saturated rings. The predicted octanol–water partition coefficient (Wildman–Crippen LogP) is 4.68. The molecule has 24 heavy (non-hydrogen) atoms.